The molecule has 1 amide bonds. The number of carbonyl (C=O) groups is 1. The lowest BCUT2D eigenvalue weighted by molar-refractivity contribution is -0.130. The van der Waals surface area contributed by atoms with Gasteiger partial charge in [-0.05, 0) is 106 Å². The Labute approximate surface area is 184 Å². The molecule has 4 saturated carbocycles. The standard InChI is InChI=1S/C24H33FN2O3S/c1-16(24-13-17-10-18(14-24)12-19(11-17)15-24)26-23(28)20-6-8-27(9-7-20)31(29,30)22-4-2-21(25)3-5-22/h2-5,16-20H,6-15H2,1H3,(H,26,28). The summed E-state index contributed by atoms with van der Waals surface area (Å²) in [6.45, 7) is 2.84. The summed E-state index contributed by atoms with van der Waals surface area (Å²) in [7, 11) is -3.65. The normalized spacial score (nSPS) is 34.6. The van der Waals surface area contributed by atoms with Crippen molar-refractivity contribution >= 4 is 15.9 Å². The molecule has 1 N–H and O–H groups in total. The molecule has 5 nitrogen and oxygen atoms in total. The molecule has 1 aliphatic heterocycles. The average molecular weight is 449 g/mol. The molecule has 4 bridgehead atoms. The van der Waals surface area contributed by atoms with Gasteiger partial charge >= 0.3 is 0 Å². The van der Waals surface area contributed by atoms with E-state index in [4.69, 9.17) is 0 Å². The third-order valence-corrected chi connectivity index (χ3v) is 10.6. The number of hydrogen-bond acceptors (Lipinski definition) is 3. The van der Waals surface area contributed by atoms with Gasteiger partial charge in [0.2, 0.25) is 15.9 Å². The van der Waals surface area contributed by atoms with Crippen molar-refractivity contribution in [2.45, 2.75) is 69.2 Å². The van der Waals surface area contributed by atoms with Crippen LogP contribution in [0, 0.1) is 34.9 Å². The first-order valence-corrected chi connectivity index (χ1v) is 13.3. The predicted molar refractivity (Wildman–Crippen MR) is 116 cm³/mol. The lowest BCUT2D eigenvalue weighted by Gasteiger charge is -2.59. The highest BCUT2D eigenvalue weighted by Crippen LogP contribution is 2.61. The zero-order valence-corrected chi connectivity index (χ0v) is 19.0. The van der Waals surface area contributed by atoms with E-state index in [0.717, 1.165) is 17.8 Å². The topological polar surface area (TPSA) is 66.5 Å². The van der Waals surface area contributed by atoms with E-state index in [0.29, 0.717) is 25.9 Å². The van der Waals surface area contributed by atoms with Crippen LogP contribution in [0.2, 0.25) is 0 Å². The van der Waals surface area contributed by atoms with Crippen molar-refractivity contribution in [1.82, 2.24) is 9.62 Å². The summed E-state index contributed by atoms with van der Waals surface area (Å²) < 4.78 is 40.2. The molecule has 1 atom stereocenters. The number of rotatable bonds is 5. The molecule has 0 aromatic heterocycles. The van der Waals surface area contributed by atoms with E-state index in [1.54, 1.807) is 0 Å². The number of nitrogens with one attached hydrogen (secondary N) is 1. The number of piperidine rings is 1. The van der Waals surface area contributed by atoms with Crippen LogP contribution in [0.1, 0.15) is 58.3 Å². The van der Waals surface area contributed by atoms with Gasteiger partial charge in [-0.2, -0.15) is 4.31 Å². The fourth-order valence-corrected chi connectivity index (χ4v) is 8.78. The van der Waals surface area contributed by atoms with Gasteiger partial charge in [-0.25, -0.2) is 12.8 Å². The molecule has 4 aliphatic carbocycles. The van der Waals surface area contributed by atoms with Gasteiger partial charge in [-0.3, -0.25) is 4.79 Å². The monoisotopic (exact) mass is 448 g/mol. The Morgan fingerprint density at radius 1 is 1.03 bits per heavy atom. The third kappa shape index (κ3) is 3.92. The average Bonchev–Trinajstić information content (AvgIpc) is 2.73. The number of benzene rings is 1. The Balaban J connectivity index is 1.18. The van der Waals surface area contributed by atoms with Crippen molar-refractivity contribution in [3.63, 3.8) is 0 Å². The molecule has 1 aromatic carbocycles. The summed E-state index contributed by atoms with van der Waals surface area (Å²) in [4.78, 5) is 13.1. The summed E-state index contributed by atoms with van der Waals surface area (Å²) >= 11 is 0. The van der Waals surface area contributed by atoms with Crippen molar-refractivity contribution in [3.8, 4) is 0 Å². The Morgan fingerprint density at radius 2 is 1.55 bits per heavy atom. The molecule has 5 fully saturated rings. The van der Waals surface area contributed by atoms with Gasteiger partial charge < -0.3 is 5.32 Å². The molecule has 5 aliphatic rings. The van der Waals surface area contributed by atoms with E-state index in [1.165, 1.54) is 67.1 Å². The Hall–Kier alpha value is -1.47. The third-order valence-electron chi connectivity index (χ3n) is 8.64. The SMILES string of the molecule is CC(NC(=O)C1CCN(S(=O)(=O)c2ccc(F)cc2)CC1)C12CC3CC(CC(C3)C1)C2. The molecule has 1 saturated heterocycles. The first-order valence-electron chi connectivity index (χ1n) is 11.8. The quantitative estimate of drug-likeness (QED) is 0.742. The molecule has 0 radical (unpaired) electrons. The Kier molecular flexibility index (Phi) is 5.40. The van der Waals surface area contributed by atoms with E-state index >= 15 is 0 Å². The van der Waals surface area contributed by atoms with Crippen LogP contribution in [-0.2, 0) is 14.8 Å². The van der Waals surface area contributed by atoms with Gasteiger partial charge in [0.1, 0.15) is 5.82 Å². The number of halogens is 1. The fraction of sp³-hybridized carbons (Fsp3) is 0.708. The second-order valence-corrected chi connectivity index (χ2v) is 12.6. The fourth-order valence-electron chi connectivity index (χ4n) is 7.31. The molecule has 1 unspecified atom stereocenters. The minimum absolute atomic E-state index is 0.0853. The largest absolute Gasteiger partial charge is 0.353 e. The van der Waals surface area contributed by atoms with E-state index in [-0.39, 0.29) is 28.2 Å². The highest BCUT2D eigenvalue weighted by Gasteiger charge is 2.53. The van der Waals surface area contributed by atoms with E-state index in [1.807, 2.05) is 0 Å². The maximum absolute atomic E-state index is 13.1. The van der Waals surface area contributed by atoms with E-state index in [2.05, 4.69) is 12.2 Å². The van der Waals surface area contributed by atoms with Crippen LogP contribution in [0.4, 0.5) is 4.39 Å². The maximum Gasteiger partial charge on any atom is 0.243 e. The van der Waals surface area contributed by atoms with Gasteiger partial charge in [0.05, 0.1) is 4.90 Å². The van der Waals surface area contributed by atoms with Crippen LogP contribution in [0.25, 0.3) is 0 Å². The summed E-state index contributed by atoms with van der Waals surface area (Å²) in [6, 6.07) is 5.12. The number of hydrogen-bond donors (Lipinski definition) is 1. The summed E-state index contributed by atoms with van der Waals surface area (Å²) in [6.07, 6.45) is 9.00. The predicted octanol–water partition coefficient (Wildman–Crippen LogP) is 3.95. The number of nitrogens with zero attached hydrogens (tertiary/aromatic N) is 1. The molecular formula is C24H33FN2O3S. The first-order chi connectivity index (χ1) is 14.7. The molecule has 31 heavy (non-hydrogen) atoms. The summed E-state index contributed by atoms with van der Waals surface area (Å²) in [5.74, 6) is 2.04. The minimum Gasteiger partial charge on any atom is -0.353 e. The van der Waals surface area contributed by atoms with Crippen LogP contribution in [0.5, 0.6) is 0 Å². The molecule has 0 spiro atoms. The van der Waals surface area contributed by atoms with Crippen molar-refractivity contribution < 1.29 is 17.6 Å². The van der Waals surface area contributed by atoms with Crippen LogP contribution in [0.15, 0.2) is 29.2 Å². The van der Waals surface area contributed by atoms with Crippen LogP contribution < -0.4 is 5.32 Å². The molecule has 6 rings (SSSR count). The maximum atomic E-state index is 13.1. The molecule has 1 heterocycles. The smallest absolute Gasteiger partial charge is 0.243 e. The Morgan fingerprint density at radius 3 is 2.06 bits per heavy atom. The Bertz CT molecular complexity index is 903. The van der Waals surface area contributed by atoms with Gasteiger partial charge in [0, 0.05) is 25.0 Å². The lowest BCUT2D eigenvalue weighted by atomic mass is 9.48. The van der Waals surface area contributed by atoms with Crippen molar-refractivity contribution in [1.29, 1.82) is 0 Å². The molecular weight excluding hydrogens is 415 g/mol. The van der Waals surface area contributed by atoms with E-state index < -0.39 is 15.8 Å². The van der Waals surface area contributed by atoms with Gasteiger partial charge in [0.15, 0.2) is 0 Å². The minimum atomic E-state index is -3.65. The van der Waals surface area contributed by atoms with Gasteiger partial charge in [-0.1, -0.05) is 0 Å². The molecule has 170 valence electrons. The second-order valence-electron chi connectivity index (χ2n) is 10.6. The second kappa shape index (κ2) is 7.84. The number of amides is 1. The van der Waals surface area contributed by atoms with Crippen LogP contribution >= 0.6 is 0 Å². The summed E-state index contributed by atoms with van der Waals surface area (Å²) in [5, 5.41) is 3.35. The zero-order chi connectivity index (χ0) is 21.8. The zero-order valence-electron chi connectivity index (χ0n) is 18.2. The van der Waals surface area contributed by atoms with E-state index in [9.17, 15) is 17.6 Å². The van der Waals surface area contributed by atoms with Crippen molar-refractivity contribution in [2.75, 3.05) is 13.1 Å². The number of carbonyl (C=O) groups excluding carboxylic acids is 1. The number of sulfonamides is 1. The lowest BCUT2D eigenvalue weighted by Crippen LogP contribution is -2.56. The highest BCUT2D eigenvalue weighted by molar-refractivity contribution is 7.89. The van der Waals surface area contributed by atoms with Crippen molar-refractivity contribution in [2.24, 2.45) is 29.1 Å². The van der Waals surface area contributed by atoms with Gasteiger partial charge in [0.25, 0.3) is 0 Å². The molecule has 1 aromatic rings. The van der Waals surface area contributed by atoms with Gasteiger partial charge in [-0.15, -0.1) is 0 Å². The van der Waals surface area contributed by atoms with Crippen LogP contribution in [-0.4, -0.2) is 37.8 Å². The van der Waals surface area contributed by atoms with Crippen LogP contribution in [0.3, 0.4) is 0 Å². The first kappa shape index (κ1) is 21.4. The summed E-state index contributed by atoms with van der Waals surface area (Å²) in [5.41, 5.74) is 0.275. The highest BCUT2D eigenvalue weighted by atomic mass is 32.2. The van der Waals surface area contributed by atoms with Crippen molar-refractivity contribution in [3.05, 3.63) is 30.1 Å². The molecule has 7 heteroatoms.